The van der Waals surface area contributed by atoms with Crippen molar-refractivity contribution in [1.29, 1.82) is 0 Å². The van der Waals surface area contributed by atoms with Crippen molar-refractivity contribution in [3.63, 3.8) is 0 Å². The summed E-state index contributed by atoms with van der Waals surface area (Å²) in [5, 5.41) is 21.9. The van der Waals surface area contributed by atoms with Gasteiger partial charge in [0.15, 0.2) is 11.4 Å². The minimum Gasteiger partial charge on any atom is -0.504 e. The number of azo groups is 1. The largest absolute Gasteiger partial charge is 0.504 e. The lowest BCUT2D eigenvalue weighted by Gasteiger charge is -2.02. The third kappa shape index (κ3) is 5.13. The molecule has 0 aliphatic rings. The molecular weight excluding hydrogens is 388 g/mol. The number of phenolic OH excluding ortho intramolecular Hbond substituents is 1. The summed E-state index contributed by atoms with van der Waals surface area (Å²) < 4.78 is 1.56. The molecule has 0 atom stereocenters. The lowest BCUT2D eigenvalue weighted by atomic mass is 10.0. The van der Waals surface area contributed by atoms with Gasteiger partial charge < -0.3 is 5.11 Å². The van der Waals surface area contributed by atoms with Crippen molar-refractivity contribution in [3.05, 3.63) is 74.7 Å². The third-order valence-electron chi connectivity index (χ3n) is 5.17. The molecule has 1 heterocycles. The lowest BCUT2D eigenvalue weighted by molar-refractivity contribution is 0.475. The molecule has 0 spiro atoms. The molecule has 0 aliphatic heterocycles. The van der Waals surface area contributed by atoms with E-state index in [0.717, 1.165) is 36.0 Å². The number of nitrogens with one attached hydrogen (secondary N) is 1. The molecule has 6 nitrogen and oxygen atoms in total. The molecule has 0 amide bonds. The molecule has 2 aromatic carbocycles. The number of nitrogens with zero attached hydrogens (tertiary/aromatic N) is 3. The van der Waals surface area contributed by atoms with Crippen LogP contribution in [-0.4, -0.2) is 14.9 Å². The van der Waals surface area contributed by atoms with E-state index < -0.39 is 0 Å². The fourth-order valence-electron chi connectivity index (χ4n) is 3.35. The Morgan fingerprint density at radius 2 is 1.71 bits per heavy atom. The Balaban J connectivity index is 1.88. The highest BCUT2D eigenvalue weighted by molar-refractivity contribution is 5.62. The summed E-state index contributed by atoms with van der Waals surface area (Å²) in [4.78, 5) is 12.6. The number of aromatic amines is 1. The second kappa shape index (κ2) is 9.94. The van der Waals surface area contributed by atoms with Crippen molar-refractivity contribution in [1.82, 2.24) is 9.78 Å². The van der Waals surface area contributed by atoms with Crippen LogP contribution in [0.5, 0.6) is 5.75 Å². The predicted molar refractivity (Wildman–Crippen MR) is 123 cm³/mol. The van der Waals surface area contributed by atoms with Crippen molar-refractivity contribution in [2.75, 3.05) is 0 Å². The Kier molecular flexibility index (Phi) is 7.09. The molecular formula is C25H28N4O2. The van der Waals surface area contributed by atoms with Gasteiger partial charge in [-0.2, -0.15) is 0 Å². The molecule has 2 N–H and O–H groups in total. The smallest absolute Gasteiger partial charge is 0.294 e. The Morgan fingerprint density at radius 1 is 1.00 bits per heavy atom. The van der Waals surface area contributed by atoms with Gasteiger partial charge in [-0.25, -0.2) is 0 Å². The molecule has 1 aromatic heterocycles. The van der Waals surface area contributed by atoms with Gasteiger partial charge in [-0.05, 0) is 50.5 Å². The van der Waals surface area contributed by atoms with E-state index in [1.807, 2.05) is 32.0 Å². The van der Waals surface area contributed by atoms with Crippen molar-refractivity contribution >= 4 is 11.4 Å². The van der Waals surface area contributed by atoms with E-state index in [4.69, 9.17) is 0 Å². The average molecular weight is 417 g/mol. The van der Waals surface area contributed by atoms with E-state index in [2.05, 4.69) is 34.1 Å². The van der Waals surface area contributed by atoms with E-state index in [-0.39, 0.29) is 22.7 Å². The monoisotopic (exact) mass is 416 g/mol. The van der Waals surface area contributed by atoms with E-state index >= 15 is 0 Å². The first-order chi connectivity index (χ1) is 14.9. The standard InChI is InChI=1S/C25H28N4O2/c1-5-6-7-16-29-25(31)23(19(4)28-29)27-26-22-13-9-12-20(24(22)30)14-15-21-17(2)10-8-11-18(21)3/h8-13,28,30H,5-7,16H2,1-4H3. The molecule has 0 radical (unpaired) electrons. The van der Waals surface area contributed by atoms with E-state index in [1.165, 1.54) is 0 Å². The molecule has 3 aromatic rings. The number of hydrogen-bond acceptors (Lipinski definition) is 4. The maximum Gasteiger partial charge on any atom is 0.294 e. The maximum atomic E-state index is 12.6. The molecule has 0 bridgehead atoms. The molecule has 0 saturated heterocycles. The summed E-state index contributed by atoms with van der Waals surface area (Å²) in [7, 11) is 0. The summed E-state index contributed by atoms with van der Waals surface area (Å²) in [5.41, 5.74) is 4.54. The van der Waals surface area contributed by atoms with Gasteiger partial charge in [-0.3, -0.25) is 14.6 Å². The van der Waals surface area contributed by atoms with E-state index in [1.54, 1.807) is 29.8 Å². The highest BCUT2D eigenvalue weighted by Crippen LogP contribution is 2.31. The van der Waals surface area contributed by atoms with Crippen LogP contribution in [0.15, 0.2) is 51.4 Å². The number of unbranched alkanes of at least 4 members (excludes halogenated alkanes) is 2. The number of H-pyrrole nitrogens is 1. The Morgan fingerprint density at radius 3 is 2.42 bits per heavy atom. The van der Waals surface area contributed by atoms with Crippen LogP contribution in [0.3, 0.4) is 0 Å². The van der Waals surface area contributed by atoms with Crippen LogP contribution < -0.4 is 5.56 Å². The highest BCUT2D eigenvalue weighted by atomic mass is 16.3. The Bertz CT molecular complexity index is 1200. The number of aromatic hydroxyl groups is 1. The number of aryl methyl sites for hydroxylation is 4. The van der Waals surface area contributed by atoms with Crippen molar-refractivity contribution in [3.8, 4) is 17.6 Å². The second-order valence-corrected chi connectivity index (χ2v) is 7.64. The summed E-state index contributed by atoms with van der Waals surface area (Å²) >= 11 is 0. The number of rotatable bonds is 6. The van der Waals surface area contributed by atoms with Gasteiger partial charge in [0.2, 0.25) is 0 Å². The summed E-state index contributed by atoms with van der Waals surface area (Å²) in [6, 6.07) is 11.2. The molecule has 0 saturated carbocycles. The van der Waals surface area contributed by atoms with Gasteiger partial charge >= 0.3 is 0 Å². The number of para-hydroxylation sites is 1. The zero-order valence-corrected chi connectivity index (χ0v) is 18.5. The van der Waals surface area contributed by atoms with Gasteiger partial charge in [-0.15, -0.1) is 10.2 Å². The summed E-state index contributed by atoms with van der Waals surface area (Å²) in [6.07, 6.45) is 3.07. The van der Waals surface area contributed by atoms with Crippen LogP contribution in [-0.2, 0) is 6.54 Å². The third-order valence-corrected chi connectivity index (χ3v) is 5.17. The van der Waals surface area contributed by atoms with Crippen molar-refractivity contribution in [2.24, 2.45) is 10.2 Å². The topological polar surface area (TPSA) is 82.7 Å². The molecule has 0 unspecified atom stereocenters. The van der Waals surface area contributed by atoms with Crippen LogP contribution in [0.2, 0.25) is 0 Å². The summed E-state index contributed by atoms with van der Waals surface area (Å²) in [5.74, 6) is 6.12. The van der Waals surface area contributed by atoms with Crippen molar-refractivity contribution < 1.29 is 5.11 Å². The SMILES string of the molecule is CCCCCn1[nH]c(C)c(N=Nc2cccc(C#Cc3c(C)cccc3C)c2O)c1=O. The normalized spacial score (nSPS) is 11.0. The number of phenols is 1. The molecule has 160 valence electrons. The van der Waals surface area contributed by atoms with Gasteiger partial charge in [0, 0.05) is 12.1 Å². The molecule has 0 fully saturated rings. The Hall–Kier alpha value is -3.59. The lowest BCUT2D eigenvalue weighted by Crippen LogP contribution is -2.16. The zero-order valence-electron chi connectivity index (χ0n) is 18.5. The first kappa shape index (κ1) is 22.1. The fourth-order valence-corrected chi connectivity index (χ4v) is 3.35. The van der Waals surface area contributed by atoms with E-state index in [9.17, 15) is 9.90 Å². The predicted octanol–water partition coefficient (Wildman–Crippen LogP) is 5.81. The Labute approximate surface area is 182 Å². The van der Waals surface area contributed by atoms with Crippen LogP contribution in [0.25, 0.3) is 0 Å². The van der Waals surface area contributed by atoms with Crippen LogP contribution in [0.1, 0.15) is 54.1 Å². The first-order valence-corrected chi connectivity index (χ1v) is 10.5. The minimum atomic E-state index is -0.206. The van der Waals surface area contributed by atoms with Gasteiger partial charge in [0.25, 0.3) is 5.56 Å². The average Bonchev–Trinajstić information content (AvgIpc) is 3.01. The van der Waals surface area contributed by atoms with Gasteiger partial charge in [0.1, 0.15) is 5.69 Å². The van der Waals surface area contributed by atoms with Crippen molar-refractivity contribution in [2.45, 2.75) is 53.5 Å². The molecule has 31 heavy (non-hydrogen) atoms. The van der Waals surface area contributed by atoms with Gasteiger partial charge in [0.05, 0.1) is 11.3 Å². The second-order valence-electron chi connectivity index (χ2n) is 7.64. The minimum absolute atomic E-state index is 0.0542. The molecule has 6 heteroatoms. The molecule has 0 aliphatic carbocycles. The van der Waals surface area contributed by atoms with Gasteiger partial charge in [-0.1, -0.05) is 55.9 Å². The number of benzene rings is 2. The quantitative estimate of drug-likeness (QED) is 0.302. The first-order valence-electron chi connectivity index (χ1n) is 10.5. The number of hydrogen-bond donors (Lipinski definition) is 2. The van der Waals surface area contributed by atoms with Crippen LogP contribution >= 0.6 is 0 Å². The number of aromatic nitrogens is 2. The zero-order chi connectivity index (χ0) is 22.4. The van der Waals surface area contributed by atoms with Crippen LogP contribution in [0, 0.1) is 32.6 Å². The fraction of sp³-hybridized carbons (Fsp3) is 0.320. The highest BCUT2D eigenvalue weighted by Gasteiger charge is 2.11. The van der Waals surface area contributed by atoms with Crippen LogP contribution in [0.4, 0.5) is 11.4 Å². The summed E-state index contributed by atoms with van der Waals surface area (Å²) in [6.45, 7) is 8.55. The molecule has 3 rings (SSSR count). The van der Waals surface area contributed by atoms with E-state index in [0.29, 0.717) is 17.8 Å². The maximum absolute atomic E-state index is 12.6.